The second-order valence-corrected chi connectivity index (χ2v) is 5.30. The zero-order valence-electron chi connectivity index (χ0n) is 12.0. The van der Waals surface area contributed by atoms with Gasteiger partial charge in [-0.3, -0.25) is 0 Å². The van der Waals surface area contributed by atoms with E-state index in [9.17, 15) is 4.79 Å². The number of hydrogen-bond donors (Lipinski definition) is 1. The number of nitrogens with two attached hydrogens (primary N) is 1. The van der Waals surface area contributed by atoms with Gasteiger partial charge in [-0.05, 0) is 30.9 Å². The number of nitrogens with zero attached hydrogens (tertiary/aromatic N) is 1. The normalized spacial score (nSPS) is 12.0. The first-order valence-electron chi connectivity index (χ1n) is 6.24. The standard InChI is InChI=1S/C14H22N2O2S/c1-5-11(9-19-4)16(2)13-7-6-10(8-12(13)15)14(17)18-3/h6-8,11H,5,9,15H2,1-4H3. The minimum atomic E-state index is -0.364. The number of nitrogen functional groups attached to an aromatic ring is 1. The molecule has 4 nitrogen and oxygen atoms in total. The number of esters is 1. The van der Waals surface area contributed by atoms with Gasteiger partial charge in [0.05, 0.1) is 24.0 Å². The molecule has 1 atom stereocenters. The topological polar surface area (TPSA) is 55.6 Å². The van der Waals surface area contributed by atoms with Crippen LogP contribution in [0.3, 0.4) is 0 Å². The molecule has 5 heteroatoms. The number of benzene rings is 1. The first kappa shape index (κ1) is 15.7. The summed E-state index contributed by atoms with van der Waals surface area (Å²) in [6, 6.07) is 5.73. The van der Waals surface area contributed by atoms with Crippen LogP contribution in [0, 0.1) is 0 Å². The van der Waals surface area contributed by atoms with Gasteiger partial charge in [0.1, 0.15) is 0 Å². The third-order valence-corrected chi connectivity index (χ3v) is 3.92. The Morgan fingerprint density at radius 2 is 2.21 bits per heavy atom. The summed E-state index contributed by atoms with van der Waals surface area (Å²) in [4.78, 5) is 13.6. The first-order valence-corrected chi connectivity index (χ1v) is 7.64. The summed E-state index contributed by atoms with van der Waals surface area (Å²) < 4.78 is 4.69. The van der Waals surface area contributed by atoms with Crippen molar-refractivity contribution in [2.75, 3.05) is 36.8 Å². The minimum Gasteiger partial charge on any atom is -0.465 e. The Kier molecular flexibility index (Phi) is 6.02. The molecule has 0 heterocycles. The number of hydrogen-bond acceptors (Lipinski definition) is 5. The average Bonchev–Trinajstić information content (AvgIpc) is 2.43. The lowest BCUT2D eigenvalue weighted by molar-refractivity contribution is 0.0601. The van der Waals surface area contributed by atoms with Crippen LogP contribution in [0.5, 0.6) is 0 Å². The van der Waals surface area contributed by atoms with Crippen LogP contribution >= 0.6 is 11.8 Å². The summed E-state index contributed by atoms with van der Waals surface area (Å²) in [5, 5.41) is 0. The number of thioether (sulfide) groups is 1. The van der Waals surface area contributed by atoms with Gasteiger partial charge in [-0.1, -0.05) is 6.92 Å². The highest BCUT2D eigenvalue weighted by Crippen LogP contribution is 2.26. The van der Waals surface area contributed by atoms with Gasteiger partial charge in [0.25, 0.3) is 0 Å². The largest absolute Gasteiger partial charge is 0.465 e. The predicted molar refractivity (Wildman–Crippen MR) is 83.1 cm³/mol. The van der Waals surface area contributed by atoms with E-state index < -0.39 is 0 Å². The quantitative estimate of drug-likeness (QED) is 0.642. The van der Waals surface area contributed by atoms with Crippen molar-refractivity contribution in [3.63, 3.8) is 0 Å². The minimum absolute atomic E-state index is 0.364. The van der Waals surface area contributed by atoms with E-state index in [4.69, 9.17) is 5.73 Å². The summed E-state index contributed by atoms with van der Waals surface area (Å²) in [6.07, 6.45) is 3.15. The van der Waals surface area contributed by atoms with E-state index in [-0.39, 0.29) is 5.97 Å². The molecule has 0 radical (unpaired) electrons. The Bertz CT molecular complexity index is 437. The van der Waals surface area contributed by atoms with Gasteiger partial charge in [0.15, 0.2) is 0 Å². The molecule has 0 aliphatic rings. The summed E-state index contributed by atoms with van der Waals surface area (Å²) in [5.74, 6) is 0.683. The number of ether oxygens (including phenoxy) is 1. The van der Waals surface area contributed by atoms with E-state index in [0.29, 0.717) is 17.3 Å². The second-order valence-electron chi connectivity index (χ2n) is 4.39. The van der Waals surface area contributed by atoms with E-state index >= 15 is 0 Å². The maximum absolute atomic E-state index is 11.4. The lowest BCUT2D eigenvalue weighted by atomic mass is 10.1. The molecule has 0 aromatic heterocycles. The fourth-order valence-electron chi connectivity index (χ4n) is 2.01. The van der Waals surface area contributed by atoms with Gasteiger partial charge in [0.2, 0.25) is 0 Å². The number of rotatable bonds is 6. The van der Waals surface area contributed by atoms with Crippen LogP contribution in [0.4, 0.5) is 11.4 Å². The van der Waals surface area contributed by atoms with Crippen molar-refractivity contribution in [2.45, 2.75) is 19.4 Å². The first-order chi connectivity index (χ1) is 9.04. The molecule has 1 unspecified atom stereocenters. The molecular weight excluding hydrogens is 260 g/mol. The molecule has 0 saturated carbocycles. The highest BCUT2D eigenvalue weighted by atomic mass is 32.2. The van der Waals surface area contributed by atoms with Crippen LogP contribution in [0.15, 0.2) is 18.2 Å². The maximum atomic E-state index is 11.4. The summed E-state index contributed by atoms with van der Waals surface area (Å²) in [7, 11) is 3.40. The number of carbonyl (C=O) groups is 1. The van der Waals surface area contributed by atoms with Crippen molar-refractivity contribution in [3.05, 3.63) is 23.8 Å². The summed E-state index contributed by atoms with van der Waals surface area (Å²) in [6.45, 7) is 2.16. The molecule has 1 rings (SSSR count). The van der Waals surface area contributed by atoms with E-state index in [1.807, 2.05) is 24.9 Å². The molecule has 0 spiro atoms. The number of methoxy groups -OCH3 is 1. The molecule has 0 aliphatic carbocycles. The van der Waals surface area contributed by atoms with Gasteiger partial charge in [0, 0.05) is 18.8 Å². The van der Waals surface area contributed by atoms with E-state index in [1.54, 1.807) is 12.1 Å². The average molecular weight is 282 g/mol. The van der Waals surface area contributed by atoms with Gasteiger partial charge in [-0.2, -0.15) is 11.8 Å². The van der Waals surface area contributed by atoms with Crippen molar-refractivity contribution in [3.8, 4) is 0 Å². The lowest BCUT2D eigenvalue weighted by Gasteiger charge is -2.30. The van der Waals surface area contributed by atoms with E-state index in [1.165, 1.54) is 7.11 Å². The zero-order valence-corrected chi connectivity index (χ0v) is 12.8. The van der Waals surface area contributed by atoms with Gasteiger partial charge in [-0.15, -0.1) is 0 Å². The number of anilines is 2. The molecule has 0 saturated heterocycles. The molecule has 0 bridgehead atoms. The molecule has 19 heavy (non-hydrogen) atoms. The van der Waals surface area contributed by atoms with Crippen LogP contribution in [0.1, 0.15) is 23.7 Å². The van der Waals surface area contributed by atoms with Crippen molar-refractivity contribution in [2.24, 2.45) is 0 Å². The van der Waals surface area contributed by atoms with Crippen LogP contribution in [0.2, 0.25) is 0 Å². The van der Waals surface area contributed by atoms with Crippen molar-refractivity contribution in [1.82, 2.24) is 0 Å². The highest BCUT2D eigenvalue weighted by Gasteiger charge is 2.16. The Morgan fingerprint density at radius 3 is 2.68 bits per heavy atom. The smallest absolute Gasteiger partial charge is 0.337 e. The van der Waals surface area contributed by atoms with E-state index in [2.05, 4.69) is 22.8 Å². The van der Waals surface area contributed by atoms with Crippen LogP contribution in [-0.4, -0.2) is 38.2 Å². The molecule has 0 fully saturated rings. The van der Waals surface area contributed by atoms with Gasteiger partial charge < -0.3 is 15.4 Å². The Balaban J connectivity index is 2.98. The Labute approximate surface area is 119 Å². The zero-order chi connectivity index (χ0) is 14.4. The molecule has 1 aromatic carbocycles. The molecule has 1 aromatic rings. The predicted octanol–water partition coefficient (Wildman–Crippen LogP) is 2.63. The summed E-state index contributed by atoms with van der Waals surface area (Å²) in [5.41, 5.74) is 8.08. The fourth-order valence-corrected chi connectivity index (χ4v) is 2.86. The molecule has 0 aliphatic heterocycles. The molecular formula is C14H22N2O2S. The monoisotopic (exact) mass is 282 g/mol. The van der Waals surface area contributed by atoms with Crippen LogP contribution < -0.4 is 10.6 Å². The van der Waals surface area contributed by atoms with Crippen molar-refractivity contribution in [1.29, 1.82) is 0 Å². The van der Waals surface area contributed by atoms with Gasteiger partial charge in [-0.25, -0.2) is 4.79 Å². The Hall–Kier alpha value is -1.36. The number of carbonyl (C=O) groups excluding carboxylic acids is 1. The fraction of sp³-hybridized carbons (Fsp3) is 0.500. The van der Waals surface area contributed by atoms with Crippen LogP contribution in [0.25, 0.3) is 0 Å². The molecule has 106 valence electrons. The summed E-state index contributed by atoms with van der Waals surface area (Å²) >= 11 is 1.82. The van der Waals surface area contributed by atoms with Crippen molar-refractivity contribution < 1.29 is 9.53 Å². The molecule has 0 amide bonds. The van der Waals surface area contributed by atoms with Gasteiger partial charge >= 0.3 is 5.97 Å². The third-order valence-electron chi connectivity index (χ3n) is 3.21. The maximum Gasteiger partial charge on any atom is 0.337 e. The molecule has 2 N–H and O–H groups in total. The third kappa shape index (κ3) is 3.80. The van der Waals surface area contributed by atoms with Crippen LogP contribution in [-0.2, 0) is 4.74 Å². The lowest BCUT2D eigenvalue weighted by Crippen LogP contribution is -2.33. The SMILES string of the molecule is CCC(CSC)N(C)c1ccc(C(=O)OC)cc1N. The van der Waals surface area contributed by atoms with E-state index in [0.717, 1.165) is 17.9 Å². The Morgan fingerprint density at radius 1 is 1.53 bits per heavy atom. The van der Waals surface area contributed by atoms with Crippen molar-refractivity contribution >= 4 is 29.1 Å². The highest BCUT2D eigenvalue weighted by molar-refractivity contribution is 7.98. The second kappa shape index (κ2) is 7.28.